The number of nitrogens with zero attached hydrogens (tertiary/aromatic N) is 1. The molecule has 1 heterocycles. The normalized spacial score (nSPS) is 17.6. The minimum atomic E-state index is 0.846. The second-order valence-electron chi connectivity index (χ2n) is 5.15. The molecule has 3 heteroatoms. The molecule has 2 rings (SSSR count). The van der Waals surface area contributed by atoms with Gasteiger partial charge in [-0.15, -0.1) is 11.3 Å². The molecule has 0 bridgehead atoms. The number of halogens is 1. The van der Waals surface area contributed by atoms with Crippen molar-refractivity contribution in [1.29, 1.82) is 0 Å². The van der Waals surface area contributed by atoms with Gasteiger partial charge in [0.1, 0.15) is 0 Å². The van der Waals surface area contributed by atoms with Crippen molar-refractivity contribution in [3.05, 3.63) is 22.4 Å². The Morgan fingerprint density at radius 3 is 2.88 bits per heavy atom. The van der Waals surface area contributed by atoms with Crippen LogP contribution < -0.4 is 0 Å². The zero-order chi connectivity index (χ0) is 12.1. The van der Waals surface area contributed by atoms with Crippen molar-refractivity contribution < 1.29 is 0 Å². The summed E-state index contributed by atoms with van der Waals surface area (Å²) in [4.78, 5) is 4.21. The molecular weight excluding hydrogens is 294 g/mol. The summed E-state index contributed by atoms with van der Waals surface area (Å²) < 4.78 is 0. The summed E-state index contributed by atoms with van der Waals surface area (Å²) in [6.07, 6.45) is 5.47. The molecule has 1 aromatic heterocycles. The van der Waals surface area contributed by atoms with Crippen molar-refractivity contribution in [2.45, 2.75) is 45.2 Å². The smallest absolute Gasteiger partial charge is 0.0330 e. The molecule has 0 radical (unpaired) electrons. The first-order chi connectivity index (χ1) is 8.29. The quantitative estimate of drug-likeness (QED) is 0.637. The average Bonchev–Trinajstić information content (AvgIpc) is 3.03. The fourth-order valence-electron chi connectivity index (χ4n) is 2.15. The van der Waals surface area contributed by atoms with Gasteiger partial charge in [0.05, 0.1) is 0 Å². The monoisotopic (exact) mass is 315 g/mol. The van der Waals surface area contributed by atoms with Crippen LogP contribution in [-0.2, 0) is 6.54 Å². The SMILES string of the molecule is CC(CCBr)CCN(Cc1cccs1)C1CC1. The lowest BCUT2D eigenvalue weighted by Crippen LogP contribution is -2.27. The predicted molar refractivity (Wildman–Crippen MR) is 79.9 cm³/mol. The molecule has 0 amide bonds. The minimum absolute atomic E-state index is 0.846. The minimum Gasteiger partial charge on any atom is -0.295 e. The van der Waals surface area contributed by atoms with E-state index in [0.29, 0.717) is 0 Å². The van der Waals surface area contributed by atoms with Crippen LogP contribution in [0.2, 0.25) is 0 Å². The summed E-state index contributed by atoms with van der Waals surface area (Å²) in [5.41, 5.74) is 0. The van der Waals surface area contributed by atoms with E-state index in [2.05, 4.69) is 45.3 Å². The Morgan fingerprint density at radius 1 is 1.47 bits per heavy atom. The molecule has 1 fully saturated rings. The van der Waals surface area contributed by atoms with E-state index < -0.39 is 0 Å². The Morgan fingerprint density at radius 2 is 2.29 bits per heavy atom. The van der Waals surface area contributed by atoms with Crippen LogP contribution in [-0.4, -0.2) is 22.8 Å². The second kappa shape index (κ2) is 6.91. The first-order valence-electron chi connectivity index (χ1n) is 6.62. The van der Waals surface area contributed by atoms with Crippen LogP contribution in [0.5, 0.6) is 0 Å². The number of hydrogen-bond acceptors (Lipinski definition) is 2. The van der Waals surface area contributed by atoms with Gasteiger partial charge in [-0.2, -0.15) is 0 Å². The lowest BCUT2D eigenvalue weighted by atomic mass is 10.1. The van der Waals surface area contributed by atoms with Crippen molar-refractivity contribution in [2.24, 2.45) is 5.92 Å². The Balaban J connectivity index is 1.77. The van der Waals surface area contributed by atoms with Crippen LogP contribution in [0.25, 0.3) is 0 Å². The third-order valence-electron chi connectivity index (χ3n) is 3.51. The van der Waals surface area contributed by atoms with E-state index in [4.69, 9.17) is 0 Å². The molecule has 1 saturated carbocycles. The summed E-state index contributed by atoms with van der Waals surface area (Å²) >= 11 is 5.43. The van der Waals surface area contributed by atoms with E-state index >= 15 is 0 Å². The predicted octanol–water partition coefficient (Wildman–Crippen LogP) is 4.52. The topological polar surface area (TPSA) is 3.24 Å². The number of rotatable bonds is 8. The highest BCUT2D eigenvalue weighted by Crippen LogP contribution is 2.29. The highest BCUT2D eigenvalue weighted by atomic mass is 79.9. The zero-order valence-corrected chi connectivity index (χ0v) is 13.0. The Labute approximate surface area is 117 Å². The third kappa shape index (κ3) is 4.72. The van der Waals surface area contributed by atoms with Gasteiger partial charge >= 0.3 is 0 Å². The van der Waals surface area contributed by atoms with Crippen LogP contribution in [0.1, 0.15) is 37.5 Å². The molecule has 1 atom stereocenters. The van der Waals surface area contributed by atoms with Crippen LogP contribution in [0, 0.1) is 5.92 Å². The molecule has 1 aromatic rings. The lowest BCUT2D eigenvalue weighted by Gasteiger charge is -2.23. The molecule has 17 heavy (non-hydrogen) atoms. The van der Waals surface area contributed by atoms with Crippen molar-refractivity contribution in [2.75, 3.05) is 11.9 Å². The van der Waals surface area contributed by atoms with Crippen molar-refractivity contribution in [1.82, 2.24) is 4.90 Å². The maximum atomic E-state index is 3.53. The lowest BCUT2D eigenvalue weighted by molar-refractivity contribution is 0.237. The van der Waals surface area contributed by atoms with Gasteiger partial charge in [-0.05, 0) is 49.6 Å². The van der Waals surface area contributed by atoms with Crippen LogP contribution in [0.3, 0.4) is 0 Å². The van der Waals surface area contributed by atoms with Gasteiger partial charge in [-0.3, -0.25) is 4.90 Å². The first-order valence-corrected chi connectivity index (χ1v) is 8.62. The molecule has 0 saturated heterocycles. The van der Waals surface area contributed by atoms with Crippen molar-refractivity contribution >= 4 is 27.3 Å². The zero-order valence-electron chi connectivity index (χ0n) is 10.6. The standard InChI is InChI=1S/C14H22BrNS/c1-12(6-8-15)7-9-16(13-4-5-13)11-14-3-2-10-17-14/h2-3,10,12-13H,4-9,11H2,1H3. The summed E-state index contributed by atoms with van der Waals surface area (Å²) in [6.45, 7) is 4.82. The van der Waals surface area contributed by atoms with E-state index in [-0.39, 0.29) is 0 Å². The largest absolute Gasteiger partial charge is 0.295 e. The maximum Gasteiger partial charge on any atom is 0.0330 e. The molecule has 0 spiro atoms. The molecule has 0 aliphatic heterocycles. The molecule has 0 N–H and O–H groups in total. The third-order valence-corrected chi connectivity index (χ3v) is 4.83. The van der Waals surface area contributed by atoms with Gasteiger partial charge in [0, 0.05) is 22.8 Å². The highest BCUT2D eigenvalue weighted by molar-refractivity contribution is 9.09. The Kier molecular flexibility index (Phi) is 5.51. The number of hydrogen-bond donors (Lipinski definition) is 0. The number of thiophene rings is 1. The highest BCUT2D eigenvalue weighted by Gasteiger charge is 2.28. The molecule has 96 valence electrons. The Hall–Kier alpha value is 0.140. The summed E-state index contributed by atoms with van der Waals surface area (Å²) in [7, 11) is 0. The fourth-order valence-corrected chi connectivity index (χ4v) is 3.66. The molecule has 0 aromatic carbocycles. The van der Waals surface area contributed by atoms with E-state index in [1.54, 1.807) is 0 Å². The van der Waals surface area contributed by atoms with Gasteiger partial charge in [0.15, 0.2) is 0 Å². The van der Waals surface area contributed by atoms with E-state index in [0.717, 1.165) is 17.3 Å². The van der Waals surface area contributed by atoms with Crippen LogP contribution in [0.15, 0.2) is 17.5 Å². The van der Waals surface area contributed by atoms with Crippen LogP contribution in [0.4, 0.5) is 0 Å². The van der Waals surface area contributed by atoms with Gasteiger partial charge in [0.2, 0.25) is 0 Å². The average molecular weight is 316 g/mol. The van der Waals surface area contributed by atoms with E-state index in [1.165, 1.54) is 43.6 Å². The van der Waals surface area contributed by atoms with Gasteiger partial charge in [-0.25, -0.2) is 0 Å². The second-order valence-corrected chi connectivity index (χ2v) is 6.98. The van der Waals surface area contributed by atoms with Gasteiger partial charge < -0.3 is 0 Å². The van der Waals surface area contributed by atoms with Gasteiger partial charge in [-0.1, -0.05) is 28.9 Å². The van der Waals surface area contributed by atoms with Crippen LogP contribution >= 0.6 is 27.3 Å². The van der Waals surface area contributed by atoms with Crippen molar-refractivity contribution in [3.63, 3.8) is 0 Å². The summed E-state index contributed by atoms with van der Waals surface area (Å²) in [6, 6.07) is 5.31. The molecule has 1 unspecified atom stereocenters. The Bertz CT molecular complexity index is 308. The van der Waals surface area contributed by atoms with Crippen molar-refractivity contribution in [3.8, 4) is 0 Å². The molecule has 1 aliphatic rings. The van der Waals surface area contributed by atoms with E-state index in [9.17, 15) is 0 Å². The molecular formula is C14H22BrNS. The number of alkyl halides is 1. The molecule has 1 aliphatic carbocycles. The molecule has 1 nitrogen and oxygen atoms in total. The summed E-state index contributed by atoms with van der Waals surface area (Å²) in [5, 5.41) is 3.33. The summed E-state index contributed by atoms with van der Waals surface area (Å²) in [5.74, 6) is 0.846. The fraction of sp³-hybridized carbons (Fsp3) is 0.714. The van der Waals surface area contributed by atoms with E-state index in [1.807, 2.05) is 11.3 Å². The maximum absolute atomic E-state index is 3.53. The van der Waals surface area contributed by atoms with Gasteiger partial charge in [0.25, 0.3) is 0 Å². The first kappa shape index (κ1) is 13.6.